The highest BCUT2D eigenvalue weighted by Crippen LogP contribution is 2.27. The Labute approximate surface area is 116 Å². The Bertz CT molecular complexity index is 693. The third-order valence-electron chi connectivity index (χ3n) is 2.71. The molecule has 2 aromatic heterocycles. The second-order valence-corrected chi connectivity index (χ2v) is 7.22. The smallest absolute Gasteiger partial charge is 0.271 e. The molecule has 2 aromatic rings. The molecule has 19 heavy (non-hydrogen) atoms. The summed E-state index contributed by atoms with van der Waals surface area (Å²) in [6.45, 7) is 4.01. The van der Waals surface area contributed by atoms with Gasteiger partial charge in [0, 0.05) is 23.8 Å². The molecule has 0 amide bonds. The molecule has 0 atom stereocenters. The van der Waals surface area contributed by atoms with Crippen LogP contribution in [0.25, 0.3) is 0 Å². The topological polar surface area (TPSA) is 85.1 Å². The van der Waals surface area contributed by atoms with Gasteiger partial charge in [0.05, 0.1) is 5.69 Å². The van der Waals surface area contributed by atoms with Crippen LogP contribution in [0, 0.1) is 13.8 Å². The molecular weight excluding hydrogens is 282 g/mol. The number of aromatic nitrogens is 1. The maximum Gasteiger partial charge on any atom is 0.271 e. The van der Waals surface area contributed by atoms with Gasteiger partial charge >= 0.3 is 0 Å². The third kappa shape index (κ3) is 2.94. The Balaban J connectivity index is 2.35. The lowest BCUT2D eigenvalue weighted by molar-refractivity contribution is 0.603. The van der Waals surface area contributed by atoms with Crippen LogP contribution in [0.15, 0.2) is 28.7 Å². The van der Waals surface area contributed by atoms with E-state index in [1.807, 2.05) is 6.92 Å². The molecule has 0 fully saturated rings. The van der Waals surface area contributed by atoms with E-state index in [9.17, 15) is 8.42 Å². The molecule has 0 aliphatic rings. The molecule has 2 heterocycles. The van der Waals surface area contributed by atoms with Gasteiger partial charge in [-0.1, -0.05) is 0 Å². The highest BCUT2D eigenvalue weighted by atomic mass is 32.2. The highest BCUT2D eigenvalue weighted by molar-refractivity contribution is 7.94. The third-order valence-corrected chi connectivity index (χ3v) is 5.81. The van der Waals surface area contributed by atoms with E-state index in [2.05, 4.69) is 9.71 Å². The van der Waals surface area contributed by atoms with Gasteiger partial charge in [-0.2, -0.15) is 0 Å². The average Bonchev–Trinajstić information content (AvgIpc) is 2.74. The summed E-state index contributed by atoms with van der Waals surface area (Å²) < 4.78 is 27.4. The molecule has 0 aliphatic carbocycles. The Morgan fingerprint density at radius 3 is 2.68 bits per heavy atom. The summed E-state index contributed by atoms with van der Waals surface area (Å²) in [4.78, 5) is 4.81. The van der Waals surface area contributed by atoms with E-state index < -0.39 is 10.0 Å². The van der Waals surface area contributed by atoms with Gasteiger partial charge in [0.15, 0.2) is 0 Å². The molecule has 0 saturated heterocycles. The van der Waals surface area contributed by atoms with Crippen molar-refractivity contribution in [3.8, 4) is 0 Å². The summed E-state index contributed by atoms with van der Waals surface area (Å²) in [5, 5.41) is 0. The Morgan fingerprint density at radius 1 is 1.37 bits per heavy atom. The minimum atomic E-state index is -3.56. The maximum absolute atomic E-state index is 12.3. The number of pyridine rings is 1. The van der Waals surface area contributed by atoms with Crippen LogP contribution in [-0.4, -0.2) is 13.4 Å². The van der Waals surface area contributed by atoms with Crippen molar-refractivity contribution in [3.05, 3.63) is 40.5 Å². The van der Waals surface area contributed by atoms with Crippen molar-refractivity contribution in [1.29, 1.82) is 0 Å². The zero-order valence-electron chi connectivity index (χ0n) is 10.7. The first kappa shape index (κ1) is 14.0. The van der Waals surface area contributed by atoms with Crippen molar-refractivity contribution in [2.24, 2.45) is 5.73 Å². The molecule has 0 radical (unpaired) electrons. The first-order valence-corrected chi connectivity index (χ1v) is 7.97. The van der Waals surface area contributed by atoms with Gasteiger partial charge in [-0.15, -0.1) is 11.3 Å². The molecule has 0 aliphatic heterocycles. The second kappa shape index (κ2) is 5.28. The largest absolute Gasteiger partial charge is 0.326 e. The molecule has 0 unspecified atom stereocenters. The number of nitrogens with zero attached hydrogens (tertiary/aromatic N) is 1. The molecule has 3 N–H and O–H groups in total. The molecule has 0 saturated carbocycles. The average molecular weight is 297 g/mol. The van der Waals surface area contributed by atoms with Crippen LogP contribution in [0.2, 0.25) is 0 Å². The Hall–Kier alpha value is -1.44. The van der Waals surface area contributed by atoms with E-state index in [1.165, 1.54) is 11.3 Å². The lowest BCUT2D eigenvalue weighted by Crippen LogP contribution is -2.12. The van der Waals surface area contributed by atoms with Crippen LogP contribution in [0.4, 0.5) is 5.69 Å². The fraction of sp³-hybridized carbons (Fsp3) is 0.250. The summed E-state index contributed by atoms with van der Waals surface area (Å²) in [5.41, 5.74) is 7.79. The minimum absolute atomic E-state index is 0.279. The zero-order chi connectivity index (χ0) is 14.0. The maximum atomic E-state index is 12.3. The van der Waals surface area contributed by atoms with Crippen LogP contribution < -0.4 is 10.5 Å². The molecule has 5 nitrogen and oxygen atoms in total. The summed E-state index contributed by atoms with van der Waals surface area (Å²) in [5.74, 6) is 0. The summed E-state index contributed by atoms with van der Waals surface area (Å²) in [7, 11) is -3.56. The van der Waals surface area contributed by atoms with E-state index in [-0.39, 0.29) is 4.21 Å². The number of rotatable bonds is 4. The summed E-state index contributed by atoms with van der Waals surface area (Å²) >= 11 is 1.20. The molecule has 0 bridgehead atoms. The van der Waals surface area contributed by atoms with Gasteiger partial charge in [0.1, 0.15) is 4.21 Å². The fourth-order valence-electron chi connectivity index (χ4n) is 1.61. The van der Waals surface area contributed by atoms with Gasteiger partial charge in [0.2, 0.25) is 0 Å². The predicted octanol–water partition coefficient (Wildman–Crippen LogP) is 2.02. The van der Waals surface area contributed by atoms with E-state index in [4.69, 9.17) is 5.73 Å². The number of aryl methyl sites for hydroxylation is 2. The van der Waals surface area contributed by atoms with E-state index >= 15 is 0 Å². The van der Waals surface area contributed by atoms with Crippen molar-refractivity contribution in [2.45, 2.75) is 24.6 Å². The van der Waals surface area contributed by atoms with Crippen LogP contribution in [0.1, 0.15) is 16.0 Å². The van der Waals surface area contributed by atoms with Gasteiger partial charge in [-0.05, 0) is 37.1 Å². The number of thiophene rings is 1. The molecule has 2 rings (SSSR count). The standard InChI is InChI=1S/C12H15N3O2S2/c1-8-5-12(18-11(8)6-13)19(16,17)15-10-3-4-14-7-9(10)2/h3-5,7H,6,13H2,1-2H3,(H,14,15). The van der Waals surface area contributed by atoms with Crippen LogP contribution in [-0.2, 0) is 16.6 Å². The monoisotopic (exact) mass is 297 g/mol. The normalized spacial score (nSPS) is 11.5. The second-order valence-electron chi connectivity index (χ2n) is 4.17. The molecular formula is C12H15N3O2S2. The van der Waals surface area contributed by atoms with Gasteiger partial charge < -0.3 is 5.73 Å². The predicted molar refractivity (Wildman–Crippen MR) is 76.7 cm³/mol. The summed E-state index contributed by atoms with van der Waals surface area (Å²) in [6, 6.07) is 3.28. The number of nitrogens with two attached hydrogens (primary N) is 1. The lowest BCUT2D eigenvalue weighted by atomic mass is 10.3. The lowest BCUT2D eigenvalue weighted by Gasteiger charge is -2.08. The Kier molecular flexibility index (Phi) is 3.88. The van der Waals surface area contributed by atoms with Crippen LogP contribution in [0.3, 0.4) is 0 Å². The first-order chi connectivity index (χ1) is 8.94. The van der Waals surface area contributed by atoms with Crippen molar-refractivity contribution < 1.29 is 8.42 Å². The highest BCUT2D eigenvalue weighted by Gasteiger charge is 2.19. The van der Waals surface area contributed by atoms with E-state index in [0.29, 0.717) is 12.2 Å². The van der Waals surface area contributed by atoms with Gasteiger partial charge in [-0.25, -0.2) is 8.42 Å². The number of hydrogen-bond donors (Lipinski definition) is 2. The van der Waals surface area contributed by atoms with Gasteiger partial charge in [0.25, 0.3) is 10.0 Å². The van der Waals surface area contributed by atoms with Crippen molar-refractivity contribution in [2.75, 3.05) is 4.72 Å². The molecule has 0 spiro atoms. The Morgan fingerprint density at radius 2 is 2.11 bits per heavy atom. The van der Waals surface area contributed by atoms with Crippen molar-refractivity contribution in [1.82, 2.24) is 4.98 Å². The molecule has 0 aromatic carbocycles. The molecule has 102 valence electrons. The number of anilines is 1. The van der Waals surface area contributed by atoms with Crippen molar-refractivity contribution in [3.63, 3.8) is 0 Å². The number of hydrogen-bond acceptors (Lipinski definition) is 5. The quantitative estimate of drug-likeness (QED) is 0.904. The van der Waals surface area contributed by atoms with Crippen molar-refractivity contribution >= 4 is 27.0 Å². The fourth-order valence-corrected chi connectivity index (χ4v) is 4.21. The first-order valence-electron chi connectivity index (χ1n) is 5.67. The van der Waals surface area contributed by atoms with E-state index in [0.717, 1.165) is 16.0 Å². The van der Waals surface area contributed by atoms with Crippen LogP contribution in [0.5, 0.6) is 0 Å². The van der Waals surface area contributed by atoms with Gasteiger partial charge in [-0.3, -0.25) is 9.71 Å². The molecule has 7 heteroatoms. The minimum Gasteiger partial charge on any atom is -0.326 e. The number of nitrogens with one attached hydrogen (secondary N) is 1. The summed E-state index contributed by atoms with van der Waals surface area (Å²) in [6.07, 6.45) is 3.17. The van der Waals surface area contributed by atoms with Crippen LogP contribution >= 0.6 is 11.3 Å². The van der Waals surface area contributed by atoms with E-state index in [1.54, 1.807) is 31.5 Å². The SMILES string of the molecule is Cc1cnccc1NS(=O)(=O)c1cc(C)c(CN)s1. The zero-order valence-corrected chi connectivity index (χ0v) is 12.3. The number of sulfonamides is 1.